The van der Waals surface area contributed by atoms with E-state index in [-0.39, 0.29) is 11.7 Å². The number of benzene rings is 1. The molecule has 1 heterocycles. The molecule has 4 nitrogen and oxygen atoms in total. The summed E-state index contributed by atoms with van der Waals surface area (Å²) in [5.74, 6) is 0.201. The number of carbonyl (C=O) groups excluding carboxylic acids is 1. The number of pyridine rings is 1. The second kappa shape index (κ2) is 5.69. The first-order chi connectivity index (χ1) is 9.47. The average Bonchev–Trinajstić information content (AvgIpc) is 2.42. The van der Waals surface area contributed by atoms with E-state index in [1.165, 1.54) is 18.2 Å². The van der Waals surface area contributed by atoms with E-state index in [4.69, 9.17) is 0 Å². The third-order valence-corrected chi connectivity index (χ3v) is 2.88. The number of hydrogen-bond donors (Lipinski definition) is 1. The smallest absolute Gasteiger partial charge is 0.255 e. The van der Waals surface area contributed by atoms with E-state index in [2.05, 4.69) is 10.3 Å². The van der Waals surface area contributed by atoms with E-state index in [0.29, 0.717) is 16.8 Å². The molecule has 0 saturated carbocycles. The van der Waals surface area contributed by atoms with Gasteiger partial charge in [0, 0.05) is 19.7 Å². The largest absolute Gasteiger partial charge is 0.363 e. The highest BCUT2D eigenvalue weighted by molar-refractivity contribution is 6.04. The molecule has 20 heavy (non-hydrogen) atoms. The fourth-order valence-corrected chi connectivity index (χ4v) is 1.71. The zero-order valence-corrected chi connectivity index (χ0v) is 11.6. The molecule has 0 spiro atoms. The van der Waals surface area contributed by atoms with Gasteiger partial charge in [0.15, 0.2) is 0 Å². The van der Waals surface area contributed by atoms with E-state index in [1.54, 1.807) is 19.2 Å². The monoisotopic (exact) mass is 273 g/mol. The first-order valence-electron chi connectivity index (χ1n) is 6.18. The van der Waals surface area contributed by atoms with Gasteiger partial charge in [-0.1, -0.05) is 0 Å². The minimum atomic E-state index is -0.321. The Morgan fingerprint density at radius 1 is 1.25 bits per heavy atom. The molecule has 104 valence electrons. The topological polar surface area (TPSA) is 45.2 Å². The molecule has 1 aromatic carbocycles. The highest BCUT2D eigenvalue weighted by atomic mass is 19.1. The third-order valence-electron chi connectivity index (χ3n) is 2.88. The second-order valence-electron chi connectivity index (χ2n) is 4.72. The van der Waals surface area contributed by atoms with Crippen molar-refractivity contribution < 1.29 is 9.18 Å². The fraction of sp³-hybridized carbons (Fsp3) is 0.200. The summed E-state index contributed by atoms with van der Waals surface area (Å²) in [5, 5.41) is 2.73. The Morgan fingerprint density at radius 2 is 2.00 bits per heavy atom. The molecule has 0 radical (unpaired) electrons. The van der Waals surface area contributed by atoms with Crippen molar-refractivity contribution in [3.8, 4) is 0 Å². The Labute approximate surface area is 117 Å². The molecule has 1 aromatic heterocycles. The van der Waals surface area contributed by atoms with Crippen LogP contribution in [0, 0.1) is 12.7 Å². The predicted octanol–water partition coefficient (Wildman–Crippen LogP) is 2.85. The molecular formula is C15H16FN3O. The first-order valence-corrected chi connectivity index (χ1v) is 6.18. The van der Waals surface area contributed by atoms with E-state index in [9.17, 15) is 9.18 Å². The predicted molar refractivity (Wildman–Crippen MR) is 77.7 cm³/mol. The number of aromatic nitrogens is 1. The first kappa shape index (κ1) is 14.0. The maximum atomic E-state index is 13.2. The Kier molecular flexibility index (Phi) is 3.98. The van der Waals surface area contributed by atoms with Crippen LogP contribution in [0.2, 0.25) is 0 Å². The lowest BCUT2D eigenvalue weighted by Gasteiger charge is -2.11. The van der Waals surface area contributed by atoms with Gasteiger partial charge >= 0.3 is 0 Å². The van der Waals surface area contributed by atoms with Gasteiger partial charge in [0.2, 0.25) is 0 Å². The molecule has 0 fully saturated rings. The quantitative estimate of drug-likeness (QED) is 0.935. The lowest BCUT2D eigenvalue weighted by atomic mass is 10.1. The summed E-state index contributed by atoms with van der Waals surface area (Å²) < 4.78 is 13.2. The molecule has 0 atom stereocenters. The molecule has 0 aliphatic heterocycles. The SMILES string of the molecule is Cc1cc(C(=O)Nc2ccc(N(C)C)nc2)ccc1F. The van der Waals surface area contributed by atoms with Gasteiger partial charge in [-0.25, -0.2) is 9.37 Å². The van der Waals surface area contributed by atoms with Gasteiger partial charge in [0.1, 0.15) is 11.6 Å². The maximum Gasteiger partial charge on any atom is 0.255 e. The summed E-state index contributed by atoms with van der Waals surface area (Å²) in [5.41, 5.74) is 1.46. The number of carbonyl (C=O) groups is 1. The van der Waals surface area contributed by atoms with Gasteiger partial charge in [-0.05, 0) is 42.8 Å². The molecule has 0 saturated heterocycles. The van der Waals surface area contributed by atoms with E-state index >= 15 is 0 Å². The van der Waals surface area contributed by atoms with Crippen molar-refractivity contribution in [2.24, 2.45) is 0 Å². The summed E-state index contributed by atoms with van der Waals surface area (Å²) in [7, 11) is 3.78. The molecular weight excluding hydrogens is 257 g/mol. The lowest BCUT2D eigenvalue weighted by molar-refractivity contribution is 0.102. The normalized spacial score (nSPS) is 10.2. The number of aryl methyl sites for hydroxylation is 1. The molecule has 1 amide bonds. The van der Waals surface area contributed by atoms with Crippen LogP contribution in [-0.2, 0) is 0 Å². The van der Waals surface area contributed by atoms with Crippen LogP contribution in [0.1, 0.15) is 15.9 Å². The summed E-state index contributed by atoms with van der Waals surface area (Å²) in [6.45, 7) is 1.62. The van der Waals surface area contributed by atoms with Gasteiger partial charge in [-0.3, -0.25) is 4.79 Å². The van der Waals surface area contributed by atoms with Crippen molar-refractivity contribution in [1.82, 2.24) is 4.98 Å². The summed E-state index contributed by atoms with van der Waals surface area (Å²) in [4.78, 5) is 18.1. The molecule has 1 N–H and O–H groups in total. The molecule has 0 unspecified atom stereocenters. The van der Waals surface area contributed by atoms with Crippen molar-refractivity contribution in [1.29, 1.82) is 0 Å². The molecule has 0 aliphatic carbocycles. The second-order valence-corrected chi connectivity index (χ2v) is 4.72. The number of anilines is 2. The maximum absolute atomic E-state index is 13.2. The Bertz CT molecular complexity index is 624. The number of hydrogen-bond acceptors (Lipinski definition) is 3. The van der Waals surface area contributed by atoms with E-state index in [1.807, 2.05) is 25.1 Å². The summed E-state index contributed by atoms with van der Waals surface area (Å²) >= 11 is 0. The molecule has 0 aliphatic rings. The van der Waals surface area contributed by atoms with Gasteiger partial charge in [-0.2, -0.15) is 0 Å². The molecule has 0 bridgehead atoms. The van der Waals surface area contributed by atoms with Crippen LogP contribution in [-0.4, -0.2) is 25.0 Å². The van der Waals surface area contributed by atoms with Crippen molar-refractivity contribution in [3.05, 3.63) is 53.5 Å². The Balaban J connectivity index is 2.12. The highest BCUT2D eigenvalue weighted by Crippen LogP contribution is 2.14. The summed E-state index contributed by atoms with van der Waals surface area (Å²) in [6.07, 6.45) is 1.59. The minimum absolute atomic E-state index is 0.285. The third kappa shape index (κ3) is 3.12. The summed E-state index contributed by atoms with van der Waals surface area (Å²) in [6, 6.07) is 7.85. The number of nitrogens with zero attached hydrogens (tertiary/aromatic N) is 2. The average molecular weight is 273 g/mol. The van der Waals surface area contributed by atoms with Crippen LogP contribution >= 0.6 is 0 Å². The van der Waals surface area contributed by atoms with E-state index < -0.39 is 0 Å². The standard InChI is InChI=1S/C15H16FN3O/c1-10-8-11(4-6-13(10)16)15(20)18-12-5-7-14(17-9-12)19(2)3/h4-9H,1-3H3,(H,18,20). The number of rotatable bonds is 3. The van der Waals surface area contributed by atoms with Crippen molar-refractivity contribution in [2.75, 3.05) is 24.3 Å². The van der Waals surface area contributed by atoms with Gasteiger partial charge in [0.05, 0.1) is 11.9 Å². The number of amides is 1. The zero-order chi connectivity index (χ0) is 14.7. The zero-order valence-electron chi connectivity index (χ0n) is 11.6. The van der Waals surface area contributed by atoms with Crippen molar-refractivity contribution >= 4 is 17.4 Å². The van der Waals surface area contributed by atoms with Gasteiger partial charge in [-0.15, -0.1) is 0 Å². The Hall–Kier alpha value is -2.43. The van der Waals surface area contributed by atoms with Crippen LogP contribution < -0.4 is 10.2 Å². The number of nitrogens with one attached hydrogen (secondary N) is 1. The van der Waals surface area contributed by atoms with Crippen LogP contribution in [0.25, 0.3) is 0 Å². The minimum Gasteiger partial charge on any atom is -0.363 e. The van der Waals surface area contributed by atoms with Crippen LogP contribution in [0.3, 0.4) is 0 Å². The van der Waals surface area contributed by atoms with E-state index in [0.717, 1.165) is 5.82 Å². The van der Waals surface area contributed by atoms with Crippen molar-refractivity contribution in [2.45, 2.75) is 6.92 Å². The lowest BCUT2D eigenvalue weighted by Crippen LogP contribution is -2.14. The Morgan fingerprint density at radius 3 is 2.55 bits per heavy atom. The molecule has 5 heteroatoms. The van der Waals surface area contributed by atoms with Crippen LogP contribution in [0.5, 0.6) is 0 Å². The highest BCUT2D eigenvalue weighted by Gasteiger charge is 2.08. The van der Waals surface area contributed by atoms with Crippen LogP contribution in [0.15, 0.2) is 36.5 Å². The van der Waals surface area contributed by atoms with Gasteiger partial charge in [0.25, 0.3) is 5.91 Å². The molecule has 2 rings (SSSR count). The fourth-order valence-electron chi connectivity index (χ4n) is 1.71. The van der Waals surface area contributed by atoms with Crippen LogP contribution in [0.4, 0.5) is 15.9 Å². The number of halogens is 1. The molecule has 2 aromatic rings. The van der Waals surface area contributed by atoms with Gasteiger partial charge < -0.3 is 10.2 Å². The van der Waals surface area contributed by atoms with Crippen molar-refractivity contribution in [3.63, 3.8) is 0 Å².